The summed E-state index contributed by atoms with van der Waals surface area (Å²) in [5.41, 5.74) is -1.24. The van der Waals surface area contributed by atoms with E-state index in [4.69, 9.17) is 13.9 Å². The van der Waals surface area contributed by atoms with Crippen LogP contribution in [0.5, 0.6) is 6.08 Å². The Labute approximate surface area is 223 Å². The molecule has 1 aliphatic heterocycles. The summed E-state index contributed by atoms with van der Waals surface area (Å²) in [6.07, 6.45) is 3.62. The highest BCUT2D eigenvalue weighted by atomic mass is 19.4. The smallest absolute Gasteiger partial charge is 0.437 e. The van der Waals surface area contributed by atoms with Gasteiger partial charge in [-0.15, -0.1) is 0 Å². The molecule has 0 aromatic carbocycles. The SMILES string of the molecule is O=C(Nc1ccc(N2CCN(C(=O)OC3CCCC3)CC2)nc1)c1oc(OCC2CCCC2)nc1C(F)(F)F. The highest BCUT2D eigenvalue weighted by molar-refractivity contribution is 6.03. The molecule has 3 heterocycles. The van der Waals surface area contributed by atoms with Crippen LogP contribution in [0, 0.1) is 5.92 Å². The maximum absolute atomic E-state index is 13.5. The minimum atomic E-state index is -4.89. The van der Waals surface area contributed by atoms with Crippen LogP contribution in [-0.4, -0.2) is 65.8 Å². The van der Waals surface area contributed by atoms with Crippen molar-refractivity contribution in [2.45, 2.75) is 63.6 Å². The molecule has 0 spiro atoms. The number of oxazole rings is 1. The van der Waals surface area contributed by atoms with E-state index in [-0.39, 0.29) is 30.4 Å². The van der Waals surface area contributed by atoms with E-state index >= 15 is 0 Å². The van der Waals surface area contributed by atoms with Gasteiger partial charge in [0, 0.05) is 26.2 Å². The van der Waals surface area contributed by atoms with E-state index in [1.54, 1.807) is 17.0 Å². The first kappa shape index (κ1) is 27.1. The van der Waals surface area contributed by atoms with Gasteiger partial charge in [0.1, 0.15) is 11.9 Å². The van der Waals surface area contributed by atoms with Crippen molar-refractivity contribution in [2.24, 2.45) is 5.92 Å². The molecule has 3 fully saturated rings. The summed E-state index contributed by atoms with van der Waals surface area (Å²) in [5, 5.41) is 2.39. The number of nitrogens with one attached hydrogen (secondary N) is 1. The second-order valence-electron chi connectivity index (χ2n) is 10.2. The topological polar surface area (TPSA) is 110 Å². The maximum Gasteiger partial charge on any atom is 0.437 e. The summed E-state index contributed by atoms with van der Waals surface area (Å²) >= 11 is 0. The van der Waals surface area contributed by atoms with E-state index in [1.165, 1.54) is 6.20 Å². The summed E-state index contributed by atoms with van der Waals surface area (Å²) in [7, 11) is 0. The summed E-state index contributed by atoms with van der Waals surface area (Å²) in [6, 6.07) is 3.20. The number of pyridine rings is 1. The summed E-state index contributed by atoms with van der Waals surface area (Å²) in [4.78, 5) is 36.5. The minimum Gasteiger partial charge on any atom is -0.450 e. The van der Waals surface area contributed by atoms with Crippen LogP contribution in [0.1, 0.15) is 67.6 Å². The first-order valence-corrected chi connectivity index (χ1v) is 13.4. The van der Waals surface area contributed by atoms with Crippen molar-refractivity contribution in [3.63, 3.8) is 0 Å². The average Bonchev–Trinajstić information content (AvgIpc) is 3.70. The highest BCUT2D eigenvalue weighted by Gasteiger charge is 2.42. The van der Waals surface area contributed by atoms with Gasteiger partial charge < -0.3 is 29.0 Å². The lowest BCUT2D eigenvalue weighted by molar-refractivity contribution is -0.141. The number of hydrogen-bond acceptors (Lipinski definition) is 8. The van der Waals surface area contributed by atoms with Crippen LogP contribution in [0.3, 0.4) is 0 Å². The van der Waals surface area contributed by atoms with Crippen LogP contribution in [0.4, 0.5) is 29.5 Å². The van der Waals surface area contributed by atoms with Gasteiger partial charge in [-0.1, -0.05) is 12.8 Å². The number of hydrogen-bond donors (Lipinski definition) is 1. The monoisotopic (exact) mass is 551 g/mol. The molecule has 0 atom stereocenters. The Balaban J connectivity index is 1.16. The van der Waals surface area contributed by atoms with Gasteiger partial charge in [0.2, 0.25) is 5.76 Å². The van der Waals surface area contributed by atoms with Crippen LogP contribution >= 0.6 is 0 Å². The van der Waals surface area contributed by atoms with E-state index in [2.05, 4.69) is 15.3 Å². The van der Waals surface area contributed by atoms with Crippen LogP contribution in [-0.2, 0) is 10.9 Å². The van der Waals surface area contributed by atoms with Gasteiger partial charge >= 0.3 is 18.3 Å². The number of rotatable bonds is 7. The van der Waals surface area contributed by atoms with Gasteiger partial charge in [-0.2, -0.15) is 18.2 Å². The van der Waals surface area contributed by atoms with Crippen molar-refractivity contribution < 1.29 is 36.7 Å². The Bertz CT molecular complexity index is 1140. The fourth-order valence-corrected chi connectivity index (χ4v) is 5.25. The molecule has 1 saturated heterocycles. The lowest BCUT2D eigenvalue weighted by atomic mass is 10.1. The van der Waals surface area contributed by atoms with E-state index in [1.807, 2.05) is 4.90 Å². The van der Waals surface area contributed by atoms with E-state index in [0.717, 1.165) is 51.4 Å². The molecular weight excluding hydrogens is 519 g/mol. The minimum absolute atomic E-state index is 0.0140. The quantitative estimate of drug-likeness (QED) is 0.506. The lowest BCUT2D eigenvalue weighted by Crippen LogP contribution is -2.49. The number of carbonyl (C=O) groups is 2. The molecule has 2 saturated carbocycles. The normalized spacial score (nSPS) is 18.9. The van der Waals surface area contributed by atoms with Gasteiger partial charge in [-0.3, -0.25) is 4.79 Å². The molecule has 0 unspecified atom stereocenters. The fraction of sp³-hybridized carbons (Fsp3) is 0.615. The number of anilines is 2. The van der Waals surface area contributed by atoms with Crippen LogP contribution < -0.4 is 15.0 Å². The molecule has 0 radical (unpaired) electrons. The van der Waals surface area contributed by atoms with Crippen LogP contribution in [0.15, 0.2) is 22.7 Å². The van der Waals surface area contributed by atoms with Gasteiger partial charge in [-0.25, -0.2) is 9.78 Å². The van der Waals surface area contributed by atoms with Crippen molar-refractivity contribution in [1.29, 1.82) is 0 Å². The number of nitrogens with zero attached hydrogens (tertiary/aromatic N) is 4. The third-order valence-corrected chi connectivity index (χ3v) is 7.44. The predicted molar refractivity (Wildman–Crippen MR) is 134 cm³/mol. The Kier molecular flexibility index (Phi) is 8.12. The number of halogens is 3. The van der Waals surface area contributed by atoms with Crippen molar-refractivity contribution in [1.82, 2.24) is 14.9 Å². The zero-order valence-electron chi connectivity index (χ0n) is 21.5. The van der Waals surface area contributed by atoms with Crippen molar-refractivity contribution >= 4 is 23.5 Å². The number of amides is 2. The number of aromatic nitrogens is 2. The summed E-state index contributed by atoms with van der Waals surface area (Å²) < 4.78 is 56.6. The van der Waals surface area contributed by atoms with Gasteiger partial charge in [0.25, 0.3) is 5.91 Å². The third kappa shape index (κ3) is 6.74. The zero-order chi connectivity index (χ0) is 27.4. The Hall–Kier alpha value is -3.51. The Morgan fingerprint density at radius 2 is 1.72 bits per heavy atom. The molecule has 3 aliphatic rings. The van der Waals surface area contributed by atoms with Crippen LogP contribution in [0.25, 0.3) is 0 Å². The molecule has 2 aliphatic carbocycles. The second kappa shape index (κ2) is 11.7. The molecule has 13 heteroatoms. The van der Waals surface area contributed by atoms with Crippen molar-refractivity contribution in [3.05, 3.63) is 29.8 Å². The largest absolute Gasteiger partial charge is 0.450 e. The first-order valence-electron chi connectivity index (χ1n) is 13.4. The molecule has 39 heavy (non-hydrogen) atoms. The molecular formula is C26H32F3N5O5. The Morgan fingerprint density at radius 3 is 2.36 bits per heavy atom. The average molecular weight is 552 g/mol. The van der Waals surface area contributed by atoms with Gasteiger partial charge in [-0.05, 0) is 56.6 Å². The van der Waals surface area contributed by atoms with Gasteiger partial charge in [0.05, 0.1) is 18.5 Å². The molecule has 2 aromatic rings. The molecule has 2 aromatic heterocycles. The van der Waals surface area contributed by atoms with E-state index in [9.17, 15) is 22.8 Å². The summed E-state index contributed by atoms with van der Waals surface area (Å²) in [6.45, 7) is 2.27. The molecule has 2 amide bonds. The molecule has 10 nitrogen and oxygen atoms in total. The van der Waals surface area contributed by atoms with Crippen molar-refractivity contribution in [3.8, 4) is 6.08 Å². The van der Waals surface area contributed by atoms with Crippen molar-refractivity contribution in [2.75, 3.05) is 43.0 Å². The second-order valence-corrected chi connectivity index (χ2v) is 10.2. The Morgan fingerprint density at radius 1 is 1.03 bits per heavy atom. The van der Waals surface area contributed by atoms with E-state index < -0.39 is 29.6 Å². The number of carbonyl (C=O) groups excluding carboxylic acids is 2. The first-order chi connectivity index (χ1) is 18.8. The van der Waals surface area contributed by atoms with Gasteiger partial charge in [0.15, 0.2) is 5.69 Å². The fourth-order valence-electron chi connectivity index (χ4n) is 5.25. The molecule has 212 valence electrons. The number of ether oxygens (including phenoxy) is 2. The third-order valence-electron chi connectivity index (χ3n) is 7.44. The summed E-state index contributed by atoms with van der Waals surface area (Å²) in [5.74, 6) is -1.21. The van der Waals surface area contributed by atoms with Crippen LogP contribution in [0.2, 0.25) is 0 Å². The predicted octanol–water partition coefficient (Wildman–Crippen LogP) is 5.11. The molecule has 1 N–H and O–H groups in total. The molecule has 5 rings (SSSR count). The standard InChI is InChI=1S/C26H32F3N5O5/c27-26(28,29)22-21(39-24(32-22)37-16-17-5-1-2-6-17)23(35)31-18-9-10-20(30-15-18)33-11-13-34(14-12-33)25(36)38-19-7-3-4-8-19/h9-10,15,17,19H,1-8,11-14,16H2,(H,31,35). The highest BCUT2D eigenvalue weighted by Crippen LogP contribution is 2.35. The number of piperazine rings is 1. The number of alkyl halides is 3. The van der Waals surface area contributed by atoms with E-state index in [0.29, 0.717) is 32.0 Å². The zero-order valence-corrected chi connectivity index (χ0v) is 21.5. The maximum atomic E-state index is 13.5. The lowest BCUT2D eigenvalue weighted by Gasteiger charge is -2.35. The molecule has 0 bridgehead atoms.